The Morgan fingerprint density at radius 1 is 0.548 bits per heavy atom. The fourth-order valence-electron chi connectivity index (χ4n) is 10.3. The lowest BCUT2D eigenvalue weighted by molar-refractivity contribution is -0.138. The van der Waals surface area contributed by atoms with E-state index in [2.05, 4.69) is 31.9 Å². The van der Waals surface area contributed by atoms with Gasteiger partial charge in [-0.15, -0.1) is 0 Å². The Morgan fingerprint density at radius 2 is 0.905 bits per heavy atom. The number of likely N-dealkylation sites (N-methyl/N-ethyl adjacent to an activating group) is 2. The molecule has 2 aliphatic heterocycles. The Morgan fingerprint density at radius 3 is 1.25 bits per heavy atom. The van der Waals surface area contributed by atoms with Crippen molar-refractivity contribution in [2.75, 3.05) is 66.5 Å². The first kappa shape index (κ1) is 66.4. The van der Waals surface area contributed by atoms with Gasteiger partial charge in [-0.1, -0.05) is 60.7 Å². The first-order valence-electron chi connectivity index (χ1n) is 28.9. The number of amides is 6. The van der Waals surface area contributed by atoms with Crippen molar-refractivity contribution in [2.45, 2.75) is 137 Å². The summed E-state index contributed by atoms with van der Waals surface area (Å²) in [5, 5.41) is 17.0. The molecular weight excluding hydrogens is 1120 g/mol. The zero-order chi connectivity index (χ0) is 60.8. The molecular formula is C60H82F2N10O10S2. The summed E-state index contributed by atoms with van der Waals surface area (Å²) in [7, 11) is -5.02. The molecule has 0 radical (unpaired) electrons. The minimum absolute atomic E-state index is 0.0288. The van der Waals surface area contributed by atoms with Gasteiger partial charge in [0.2, 0.25) is 55.5 Å². The summed E-state index contributed by atoms with van der Waals surface area (Å²) in [5.41, 5.74) is 1.83. The van der Waals surface area contributed by atoms with Crippen molar-refractivity contribution in [2.24, 2.45) is 0 Å². The molecule has 2 fully saturated rings. The van der Waals surface area contributed by atoms with Crippen LogP contribution in [0.15, 0.2) is 119 Å². The number of halogens is 2. The van der Waals surface area contributed by atoms with Crippen LogP contribution in [0.3, 0.4) is 0 Å². The molecule has 6 N–H and O–H groups in total. The third kappa shape index (κ3) is 19.4. The highest BCUT2D eigenvalue weighted by Crippen LogP contribution is 2.27. The van der Waals surface area contributed by atoms with E-state index in [1.54, 1.807) is 37.7 Å². The number of carbonyl (C=O) groups is 6. The molecule has 20 nitrogen and oxygen atoms in total. The third-order valence-corrected chi connectivity index (χ3v) is 19.2. The van der Waals surface area contributed by atoms with Crippen LogP contribution in [0.25, 0.3) is 0 Å². The lowest BCUT2D eigenvalue weighted by atomic mass is 10.1. The van der Waals surface area contributed by atoms with Crippen LogP contribution in [0.5, 0.6) is 0 Å². The van der Waals surface area contributed by atoms with Crippen molar-refractivity contribution < 1.29 is 54.4 Å². The molecule has 0 bridgehead atoms. The standard InChI is InChI=1S/C60H82F2N10O10S2/c1-43(63-3)57(75)67-53(59(77)71-37-13-19-49(71)41-69(39-33-45-15-7-5-8-16-45)83(79,80)51-27-23-47(61)24-28-51)21-11-35-65-55(73)31-32-56(74)66-36-12-22-54(68-58(76)44(2)64-4)60(78)72-38-14-20-50(72)42-70(40-34-46-17-9-6-10-18-46)84(81,82)52-29-25-48(62)26-30-52/h5-10,15-18,23-30,43-44,49-50,53-54,63-64H,11-14,19-22,31-42H2,1-4H3,(H,65,73)(H,66,74)(H,67,75)(H,68,76)/t43-,44-,49-,50-,53-,54-/m0/s1. The molecule has 6 amide bonds. The van der Waals surface area contributed by atoms with Crippen molar-refractivity contribution in [3.8, 4) is 0 Å². The predicted molar refractivity (Wildman–Crippen MR) is 315 cm³/mol. The molecule has 4 aromatic rings. The van der Waals surface area contributed by atoms with Gasteiger partial charge in [-0.3, -0.25) is 28.8 Å². The molecule has 84 heavy (non-hydrogen) atoms. The Balaban J connectivity index is 1.00. The molecule has 6 atom stereocenters. The monoisotopic (exact) mass is 1200 g/mol. The van der Waals surface area contributed by atoms with Crippen molar-refractivity contribution in [3.63, 3.8) is 0 Å². The normalized spacial score (nSPS) is 16.9. The van der Waals surface area contributed by atoms with Crippen LogP contribution in [-0.2, 0) is 61.7 Å². The second-order valence-electron chi connectivity index (χ2n) is 21.4. The number of benzene rings is 4. The topological polar surface area (TPSA) is 256 Å². The van der Waals surface area contributed by atoms with Crippen molar-refractivity contribution >= 4 is 55.5 Å². The summed E-state index contributed by atoms with van der Waals surface area (Å²) in [6.07, 6.45) is 3.50. The van der Waals surface area contributed by atoms with E-state index >= 15 is 0 Å². The highest BCUT2D eigenvalue weighted by molar-refractivity contribution is 7.89. The smallest absolute Gasteiger partial charge is 0.245 e. The number of nitrogens with zero attached hydrogens (tertiary/aromatic N) is 4. The Hall–Kier alpha value is -6.70. The van der Waals surface area contributed by atoms with E-state index in [0.717, 1.165) is 35.4 Å². The second-order valence-corrected chi connectivity index (χ2v) is 25.3. The van der Waals surface area contributed by atoms with Crippen molar-refractivity contribution in [1.82, 2.24) is 50.3 Å². The number of hydrogen-bond donors (Lipinski definition) is 6. The molecule has 0 aromatic heterocycles. The van der Waals surface area contributed by atoms with Crippen LogP contribution in [0.4, 0.5) is 8.78 Å². The maximum atomic E-state index is 14.4. The zero-order valence-electron chi connectivity index (χ0n) is 48.4. The van der Waals surface area contributed by atoms with Gasteiger partial charge in [-0.05, 0) is 152 Å². The maximum Gasteiger partial charge on any atom is 0.245 e. The van der Waals surface area contributed by atoms with Gasteiger partial charge in [-0.2, -0.15) is 8.61 Å². The number of hydrogen-bond acceptors (Lipinski definition) is 12. The number of rotatable bonds is 33. The summed E-state index contributed by atoms with van der Waals surface area (Å²) in [6.45, 7) is 4.34. The number of sulfonamides is 2. The SMILES string of the molecule is CN[C@@H](C)C(=O)N[C@@H](CCCNC(=O)CCC(=O)NCCC[C@H](NC(=O)[C@H](C)NC)C(=O)N1CCC[C@H]1CN(CCc1ccccc1)S(=O)(=O)c1ccc(F)cc1)C(=O)N1CCC[C@H]1CN(CCc1ccccc1)S(=O)(=O)c1ccc(F)cc1. The minimum atomic E-state index is -4.12. The van der Waals surface area contributed by atoms with Crippen LogP contribution in [0.2, 0.25) is 0 Å². The van der Waals surface area contributed by atoms with Gasteiger partial charge < -0.3 is 41.7 Å². The molecule has 2 heterocycles. The number of carbonyl (C=O) groups excluding carboxylic acids is 6. The van der Waals surface area contributed by atoms with E-state index in [1.165, 1.54) is 32.9 Å². The van der Waals surface area contributed by atoms with Crippen LogP contribution < -0.4 is 31.9 Å². The van der Waals surface area contributed by atoms with E-state index in [4.69, 9.17) is 0 Å². The van der Waals surface area contributed by atoms with Gasteiger partial charge in [0, 0.05) is 77.3 Å². The van der Waals surface area contributed by atoms with E-state index < -0.39 is 91.6 Å². The molecule has 24 heteroatoms. The zero-order valence-corrected chi connectivity index (χ0v) is 50.1. The first-order chi connectivity index (χ1) is 40.2. The molecule has 458 valence electrons. The summed E-state index contributed by atoms with van der Waals surface area (Å²) < 4.78 is 86.8. The first-order valence-corrected chi connectivity index (χ1v) is 31.8. The van der Waals surface area contributed by atoms with E-state index in [0.29, 0.717) is 51.6 Å². The van der Waals surface area contributed by atoms with E-state index in [-0.39, 0.29) is 99.4 Å². The Labute approximate surface area is 493 Å². The summed E-state index contributed by atoms with van der Waals surface area (Å²) in [4.78, 5) is 84.4. The molecule has 0 aliphatic carbocycles. The van der Waals surface area contributed by atoms with Gasteiger partial charge in [0.15, 0.2) is 0 Å². The van der Waals surface area contributed by atoms with E-state index in [9.17, 15) is 54.4 Å². The molecule has 6 rings (SSSR count). The maximum absolute atomic E-state index is 14.4. The lowest BCUT2D eigenvalue weighted by Crippen LogP contribution is -2.55. The Bertz CT molecular complexity index is 2820. The van der Waals surface area contributed by atoms with Gasteiger partial charge in [0.05, 0.1) is 21.9 Å². The summed E-state index contributed by atoms with van der Waals surface area (Å²) in [5.74, 6) is -3.62. The quantitative estimate of drug-likeness (QED) is 0.0372. The third-order valence-electron chi connectivity index (χ3n) is 15.5. The predicted octanol–water partition coefficient (Wildman–Crippen LogP) is 3.87. The molecule has 0 unspecified atom stereocenters. The average molecular weight is 1210 g/mol. The molecule has 0 spiro atoms. The molecule has 2 saturated heterocycles. The summed E-state index contributed by atoms with van der Waals surface area (Å²) >= 11 is 0. The fourth-order valence-corrected chi connectivity index (χ4v) is 13.2. The molecule has 0 saturated carbocycles. The van der Waals surface area contributed by atoms with Gasteiger partial charge in [-0.25, -0.2) is 25.6 Å². The highest BCUT2D eigenvalue weighted by atomic mass is 32.2. The molecule has 4 aromatic carbocycles. The van der Waals surface area contributed by atoms with Crippen LogP contribution in [-0.4, -0.2) is 173 Å². The van der Waals surface area contributed by atoms with Crippen molar-refractivity contribution in [1.29, 1.82) is 0 Å². The van der Waals surface area contributed by atoms with Crippen molar-refractivity contribution in [3.05, 3.63) is 132 Å². The lowest BCUT2D eigenvalue weighted by Gasteiger charge is -2.33. The second kappa shape index (κ2) is 32.5. The number of nitrogens with one attached hydrogen (secondary N) is 6. The van der Waals surface area contributed by atoms with Gasteiger partial charge in [0.1, 0.15) is 23.7 Å². The highest BCUT2D eigenvalue weighted by Gasteiger charge is 2.39. The van der Waals surface area contributed by atoms with Gasteiger partial charge in [0.25, 0.3) is 0 Å². The average Bonchev–Trinajstić information content (AvgIpc) is 4.34. The largest absolute Gasteiger partial charge is 0.356 e. The van der Waals surface area contributed by atoms with Gasteiger partial charge >= 0.3 is 0 Å². The molecule has 2 aliphatic rings. The summed E-state index contributed by atoms with van der Waals surface area (Å²) in [6, 6.07) is 23.6. The fraction of sp³-hybridized carbons (Fsp3) is 0.500. The van der Waals surface area contributed by atoms with Crippen LogP contribution >= 0.6 is 0 Å². The van der Waals surface area contributed by atoms with Crippen LogP contribution in [0, 0.1) is 11.6 Å². The minimum Gasteiger partial charge on any atom is -0.356 e. The van der Waals surface area contributed by atoms with E-state index in [1.807, 2.05) is 60.7 Å². The van der Waals surface area contributed by atoms with Crippen LogP contribution in [0.1, 0.15) is 89.2 Å². The Kier molecular flexibility index (Phi) is 25.7. The number of likely N-dealkylation sites (tertiary alicyclic amines) is 2.